The molecular weight excluding hydrogens is 280 g/mol. The Kier molecular flexibility index (Phi) is 9.18. The summed E-state index contributed by atoms with van der Waals surface area (Å²) in [6, 6.07) is 0. The molecule has 1 fully saturated rings. The van der Waals surface area contributed by atoms with E-state index in [1.54, 1.807) is 0 Å². The molecule has 2 amide bonds. The van der Waals surface area contributed by atoms with Crippen LogP contribution in [0.25, 0.3) is 0 Å². The van der Waals surface area contributed by atoms with Crippen LogP contribution in [0.2, 0.25) is 0 Å². The number of carbonyl (C=O) groups is 2. The average molecular weight is 308 g/mol. The molecule has 22 heavy (non-hydrogen) atoms. The zero-order chi connectivity index (χ0) is 16.2. The van der Waals surface area contributed by atoms with Crippen LogP contribution >= 0.6 is 0 Å². The van der Waals surface area contributed by atoms with Gasteiger partial charge in [0.1, 0.15) is 0 Å². The van der Waals surface area contributed by atoms with Crippen molar-refractivity contribution in [2.24, 2.45) is 0 Å². The summed E-state index contributed by atoms with van der Waals surface area (Å²) >= 11 is 0. The lowest BCUT2D eigenvalue weighted by Gasteiger charge is -2.24. The van der Waals surface area contributed by atoms with E-state index in [0.29, 0.717) is 13.1 Å². The van der Waals surface area contributed by atoms with Crippen LogP contribution in [0.5, 0.6) is 0 Å². The van der Waals surface area contributed by atoms with Gasteiger partial charge in [0.05, 0.1) is 0 Å². The number of carbonyl (C=O) groups excluding carboxylic acids is 2. The summed E-state index contributed by atoms with van der Waals surface area (Å²) in [4.78, 5) is 27.2. The van der Waals surface area contributed by atoms with Crippen LogP contribution in [0.1, 0.15) is 12.8 Å². The molecule has 0 aromatic heterocycles. The molecule has 0 saturated carbocycles. The standard InChI is InChI=1S/C16H28N4O2/c1-3-15(21)19-11-5-7-18-10-14-20(16(22)4-2)12-6-8-17-9-13-19/h3-4,17-18H,1-2,5-14H2. The van der Waals surface area contributed by atoms with Crippen molar-refractivity contribution in [3.05, 3.63) is 25.3 Å². The third kappa shape index (κ3) is 6.87. The lowest BCUT2D eigenvalue weighted by atomic mass is 10.3. The molecule has 0 bridgehead atoms. The van der Waals surface area contributed by atoms with E-state index in [-0.39, 0.29) is 11.8 Å². The van der Waals surface area contributed by atoms with E-state index >= 15 is 0 Å². The van der Waals surface area contributed by atoms with Gasteiger partial charge in [0.15, 0.2) is 0 Å². The molecule has 1 aliphatic heterocycles. The predicted octanol–water partition coefficient (Wildman–Crippen LogP) is -0.0114. The highest BCUT2D eigenvalue weighted by Crippen LogP contribution is 1.96. The molecule has 0 radical (unpaired) electrons. The summed E-state index contributed by atoms with van der Waals surface area (Å²) in [5.74, 6) is -0.0340. The van der Waals surface area contributed by atoms with E-state index < -0.39 is 0 Å². The third-order valence-electron chi connectivity index (χ3n) is 3.65. The molecule has 1 saturated heterocycles. The first-order valence-electron chi connectivity index (χ1n) is 7.93. The van der Waals surface area contributed by atoms with E-state index in [0.717, 1.165) is 52.1 Å². The zero-order valence-electron chi connectivity index (χ0n) is 13.4. The van der Waals surface area contributed by atoms with Crippen molar-refractivity contribution in [1.82, 2.24) is 20.4 Å². The van der Waals surface area contributed by atoms with Crippen LogP contribution in [-0.2, 0) is 9.59 Å². The molecule has 0 atom stereocenters. The normalized spacial score (nSPS) is 19.1. The van der Waals surface area contributed by atoms with Gasteiger partial charge in [-0.15, -0.1) is 0 Å². The van der Waals surface area contributed by atoms with Crippen LogP contribution in [0, 0.1) is 0 Å². The molecule has 0 aromatic rings. The lowest BCUT2D eigenvalue weighted by molar-refractivity contribution is -0.127. The SMILES string of the molecule is C=CC(=O)N1CCCNCCN(C(=O)C=C)CCCNCC1. The summed E-state index contributed by atoms with van der Waals surface area (Å²) in [5.41, 5.74) is 0. The first-order valence-corrected chi connectivity index (χ1v) is 7.93. The van der Waals surface area contributed by atoms with Crippen LogP contribution < -0.4 is 10.6 Å². The number of hydrogen-bond donors (Lipinski definition) is 2. The Morgan fingerprint density at radius 1 is 0.727 bits per heavy atom. The smallest absolute Gasteiger partial charge is 0.245 e. The first kappa shape index (κ1) is 18.4. The van der Waals surface area contributed by atoms with Crippen LogP contribution in [0.3, 0.4) is 0 Å². The Morgan fingerprint density at radius 3 is 1.50 bits per heavy atom. The maximum atomic E-state index is 11.8. The summed E-state index contributed by atoms with van der Waals surface area (Å²) in [5, 5.41) is 6.64. The Balaban J connectivity index is 2.48. The first-order chi connectivity index (χ1) is 10.7. The average Bonchev–Trinajstić information content (AvgIpc) is 2.55. The van der Waals surface area contributed by atoms with Crippen molar-refractivity contribution in [3.8, 4) is 0 Å². The van der Waals surface area contributed by atoms with Gasteiger partial charge in [0, 0.05) is 39.3 Å². The minimum Gasteiger partial charge on any atom is -0.338 e. The molecule has 2 N–H and O–H groups in total. The number of rotatable bonds is 2. The summed E-state index contributed by atoms with van der Waals surface area (Å²) in [6.45, 7) is 13.1. The monoisotopic (exact) mass is 308 g/mol. The van der Waals surface area contributed by atoms with Gasteiger partial charge in [-0.2, -0.15) is 0 Å². The minimum absolute atomic E-state index is 0.0170. The molecule has 6 heteroatoms. The van der Waals surface area contributed by atoms with E-state index in [9.17, 15) is 9.59 Å². The topological polar surface area (TPSA) is 64.7 Å². The zero-order valence-corrected chi connectivity index (χ0v) is 13.4. The van der Waals surface area contributed by atoms with E-state index in [1.807, 2.05) is 9.80 Å². The van der Waals surface area contributed by atoms with Crippen molar-refractivity contribution in [3.63, 3.8) is 0 Å². The van der Waals surface area contributed by atoms with Crippen LogP contribution in [0.15, 0.2) is 25.3 Å². The van der Waals surface area contributed by atoms with E-state index in [1.165, 1.54) is 12.2 Å². The van der Waals surface area contributed by atoms with Gasteiger partial charge < -0.3 is 20.4 Å². The largest absolute Gasteiger partial charge is 0.338 e. The molecule has 0 unspecified atom stereocenters. The van der Waals surface area contributed by atoms with Crippen LogP contribution in [0.4, 0.5) is 0 Å². The molecule has 1 aliphatic rings. The molecule has 1 heterocycles. The number of amides is 2. The number of nitrogens with one attached hydrogen (secondary N) is 2. The van der Waals surface area contributed by atoms with Crippen molar-refractivity contribution in [2.75, 3.05) is 52.4 Å². The summed E-state index contributed by atoms with van der Waals surface area (Å²) in [6.07, 6.45) is 4.51. The molecule has 0 aliphatic carbocycles. The van der Waals surface area contributed by atoms with Crippen molar-refractivity contribution >= 4 is 11.8 Å². The maximum Gasteiger partial charge on any atom is 0.245 e. The fraction of sp³-hybridized carbons (Fsp3) is 0.625. The van der Waals surface area contributed by atoms with Gasteiger partial charge in [-0.3, -0.25) is 9.59 Å². The predicted molar refractivity (Wildman–Crippen MR) is 88.5 cm³/mol. The van der Waals surface area contributed by atoms with Gasteiger partial charge in [0.2, 0.25) is 11.8 Å². The van der Waals surface area contributed by atoms with Gasteiger partial charge in [-0.25, -0.2) is 0 Å². The number of nitrogens with zero attached hydrogens (tertiary/aromatic N) is 2. The fourth-order valence-corrected chi connectivity index (χ4v) is 2.39. The summed E-state index contributed by atoms with van der Waals surface area (Å²) in [7, 11) is 0. The highest BCUT2D eigenvalue weighted by molar-refractivity contribution is 5.87. The van der Waals surface area contributed by atoms with Crippen molar-refractivity contribution in [1.29, 1.82) is 0 Å². The van der Waals surface area contributed by atoms with Gasteiger partial charge in [0.25, 0.3) is 0 Å². The maximum absolute atomic E-state index is 11.8. The second-order valence-corrected chi connectivity index (χ2v) is 5.27. The van der Waals surface area contributed by atoms with E-state index in [2.05, 4.69) is 23.8 Å². The van der Waals surface area contributed by atoms with Crippen molar-refractivity contribution in [2.45, 2.75) is 12.8 Å². The molecular formula is C16H28N4O2. The summed E-state index contributed by atoms with van der Waals surface area (Å²) < 4.78 is 0. The Morgan fingerprint density at radius 2 is 1.14 bits per heavy atom. The molecule has 1 rings (SSSR count). The van der Waals surface area contributed by atoms with Gasteiger partial charge >= 0.3 is 0 Å². The molecule has 0 spiro atoms. The number of hydrogen-bond acceptors (Lipinski definition) is 4. The second-order valence-electron chi connectivity index (χ2n) is 5.27. The molecule has 6 nitrogen and oxygen atoms in total. The quantitative estimate of drug-likeness (QED) is 0.704. The molecule has 0 aromatic carbocycles. The van der Waals surface area contributed by atoms with E-state index in [4.69, 9.17) is 0 Å². The second kappa shape index (κ2) is 11.0. The van der Waals surface area contributed by atoms with Gasteiger partial charge in [-0.05, 0) is 38.1 Å². The Labute approximate surface area is 133 Å². The van der Waals surface area contributed by atoms with Gasteiger partial charge in [-0.1, -0.05) is 13.2 Å². The highest BCUT2D eigenvalue weighted by atomic mass is 16.2. The Hall–Kier alpha value is -1.66. The minimum atomic E-state index is -0.0170. The Bertz CT molecular complexity index is 332. The molecule has 124 valence electrons. The van der Waals surface area contributed by atoms with Crippen LogP contribution in [-0.4, -0.2) is 74.0 Å². The lowest BCUT2D eigenvalue weighted by Crippen LogP contribution is -2.41. The highest BCUT2D eigenvalue weighted by Gasteiger charge is 2.11. The third-order valence-corrected chi connectivity index (χ3v) is 3.65. The fourth-order valence-electron chi connectivity index (χ4n) is 2.39. The van der Waals surface area contributed by atoms with Crippen molar-refractivity contribution < 1.29 is 9.59 Å².